The largest absolute Gasteiger partial charge is 0.384 e. The molecule has 1 radical (unpaired) electrons. The Labute approximate surface area is 82.6 Å². The van der Waals surface area contributed by atoms with Gasteiger partial charge in [-0.3, -0.25) is 0 Å². The lowest BCUT2D eigenvalue weighted by molar-refractivity contribution is 0.225. The summed E-state index contributed by atoms with van der Waals surface area (Å²) in [6, 6.07) is 16.9. The van der Waals surface area contributed by atoms with E-state index in [9.17, 15) is 5.11 Å². The van der Waals surface area contributed by atoms with E-state index < -0.39 is 6.10 Å². The first-order valence-corrected chi connectivity index (χ1v) is 4.66. The maximum atomic E-state index is 10.0. The lowest BCUT2D eigenvalue weighted by Crippen LogP contribution is -1.92. The van der Waals surface area contributed by atoms with E-state index >= 15 is 0 Å². The standard InChI is InChI=1S/C13H9O/c14-13-11-7-3-1-5-9(11)10-6-2-4-8-12(10)13/h1-7,13-14H. The Hall–Kier alpha value is -1.60. The third-order valence-corrected chi connectivity index (χ3v) is 2.71. The molecule has 0 saturated carbocycles. The van der Waals surface area contributed by atoms with Crippen LogP contribution in [-0.4, -0.2) is 5.11 Å². The lowest BCUT2D eigenvalue weighted by Gasteiger charge is -2.03. The van der Waals surface area contributed by atoms with E-state index in [2.05, 4.69) is 6.07 Å². The van der Waals surface area contributed by atoms with E-state index in [1.54, 1.807) is 0 Å². The van der Waals surface area contributed by atoms with Gasteiger partial charge in [-0.25, -0.2) is 0 Å². The Bertz CT molecular complexity index is 443. The normalized spacial score (nSPS) is 13.8. The van der Waals surface area contributed by atoms with E-state index in [0.717, 1.165) is 22.3 Å². The minimum atomic E-state index is -0.498. The molecule has 0 aromatic heterocycles. The summed E-state index contributed by atoms with van der Waals surface area (Å²) in [5.74, 6) is 0. The predicted octanol–water partition coefficient (Wildman–Crippen LogP) is 2.55. The molecule has 0 amide bonds. The highest BCUT2D eigenvalue weighted by Crippen LogP contribution is 2.42. The average Bonchev–Trinajstić information content (AvgIpc) is 2.55. The summed E-state index contributed by atoms with van der Waals surface area (Å²) < 4.78 is 0. The minimum Gasteiger partial charge on any atom is -0.384 e. The summed E-state index contributed by atoms with van der Waals surface area (Å²) in [4.78, 5) is 0. The second-order valence-corrected chi connectivity index (χ2v) is 3.49. The Balaban J connectivity index is 2.36. The van der Waals surface area contributed by atoms with Crippen molar-refractivity contribution in [3.05, 3.63) is 59.7 Å². The second-order valence-electron chi connectivity index (χ2n) is 3.49. The predicted molar refractivity (Wildman–Crippen MR) is 54.8 cm³/mol. The van der Waals surface area contributed by atoms with Crippen molar-refractivity contribution >= 4 is 0 Å². The average molecular weight is 181 g/mol. The zero-order valence-corrected chi connectivity index (χ0v) is 7.57. The van der Waals surface area contributed by atoms with Gasteiger partial charge >= 0.3 is 0 Å². The molecule has 0 bridgehead atoms. The molecular formula is C13H9O. The third kappa shape index (κ3) is 0.875. The van der Waals surface area contributed by atoms with Crippen molar-refractivity contribution < 1.29 is 5.11 Å². The van der Waals surface area contributed by atoms with Crippen LogP contribution in [-0.2, 0) is 0 Å². The molecule has 67 valence electrons. The Kier molecular flexibility index (Phi) is 1.49. The van der Waals surface area contributed by atoms with Crippen molar-refractivity contribution in [1.29, 1.82) is 0 Å². The van der Waals surface area contributed by atoms with Crippen molar-refractivity contribution in [3.63, 3.8) is 0 Å². The molecule has 1 atom stereocenters. The summed E-state index contributed by atoms with van der Waals surface area (Å²) >= 11 is 0. The number of benzene rings is 2. The fourth-order valence-electron chi connectivity index (χ4n) is 2.05. The maximum absolute atomic E-state index is 10.0. The molecule has 0 heterocycles. The van der Waals surface area contributed by atoms with Crippen molar-refractivity contribution in [3.8, 4) is 11.1 Å². The number of fused-ring (bicyclic) bond motifs is 3. The van der Waals surface area contributed by atoms with E-state index in [1.807, 2.05) is 42.5 Å². The summed E-state index contributed by atoms with van der Waals surface area (Å²) in [7, 11) is 0. The van der Waals surface area contributed by atoms with E-state index in [1.165, 1.54) is 0 Å². The lowest BCUT2D eigenvalue weighted by atomic mass is 10.1. The molecule has 2 aromatic rings. The van der Waals surface area contributed by atoms with Crippen molar-refractivity contribution in [1.82, 2.24) is 0 Å². The maximum Gasteiger partial charge on any atom is 0.106 e. The number of rotatable bonds is 0. The van der Waals surface area contributed by atoms with Gasteiger partial charge in [0.2, 0.25) is 0 Å². The van der Waals surface area contributed by atoms with Crippen molar-refractivity contribution in [2.24, 2.45) is 0 Å². The van der Waals surface area contributed by atoms with Gasteiger partial charge in [0.25, 0.3) is 0 Å². The van der Waals surface area contributed by atoms with E-state index in [0.29, 0.717) is 0 Å². The third-order valence-electron chi connectivity index (χ3n) is 2.71. The second kappa shape index (κ2) is 2.69. The van der Waals surface area contributed by atoms with Crippen LogP contribution in [0.4, 0.5) is 0 Å². The van der Waals surface area contributed by atoms with Gasteiger partial charge in [0.05, 0.1) is 0 Å². The van der Waals surface area contributed by atoms with Gasteiger partial charge in [-0.15, -0.1) is 0 Å². The summed E-state index contributed by atoms with van der Waals surface area (Å²) in [5.41, 5.74) is 4.13. The first-order chi connectivity index (χ1) is 6.88. The Morgan fingerprint density at radius 1 is 1.00 bits per heavy atom. The molecule has 1 unspecified atom stereocenters. The molecule has 1 heteroatoms. The number of hydrogen-bond donors (Lipinski definition) is 1. The highest BCUT2D eigenvalue weighted by Gasteiger charge is 2.25. The van der Waals surface area contributed by atoms with E-state index in [-0.39, 0.29) is 0 Å². The van der Waals surface area contributed by atoms with Gasteiger partial charge in [-0.1, -0.05) is 42.5 Å². The van der Waals surface area contributed by atoms with Crippen LogP contribution in [0.2, 0.25) is 0 Å². The number of hydrogen-bond acceptors (Lipinski definition) is 1. The van der Waals surface area contributed by atoms with Gasteiger partial charge in [0.15, 0.2) is 0 Å². The van der Waals surface area contributed by atoms with Gasteiger partial charge in [0.1, 0.15) is 6.10 Å². The fourth-order valence-corrected chi connectivity index (χ4v) is 2.05. The summed E-state index contributed by atoms with van der Waals surface area (Å²) in [5, 5.41) is 10.0. The van der Waals surface area contributed by atoms with Crippen LogP contribution in [0.1, 0.15) is 17.2 Å². The topological polar surface area (TPSA) is 20.2 Å². The number of aliphatic hydroxyl groups excluding tert-OH is 1. The van der Waals surface area contributed by atoms with Gasteiger partial charge in [0, 0.05) is 5.56 Å². The SMILES string of the molecule is OC1c2[c]cccc2-c2ccccc21. The molecule has 0 fully saturated rings. The summed E-state index contributed by atoms with van der Waals surface area (Å²) in [6.45, 7) is 0. The molecule has 1 nitrogen and oxygen atoms in total. The van der Waals surface area contributed by atoms with Crippen LogP contribution >= 0.6 is 0 Å². The van der Waals surface area contributed by atoms with Crippen LogP contribution in [0.3, 0.4) is 0 Å². The number of aliphatic hydroxyl groups is 1. The Morgan fingerprint density at radius 3 is 2.71 bits per heavy atom. The first-order valence-electron chi connectivity index (χ1n) is 4.66. The fraction of sp³-hybridized carbons (Fsp3) is 0.0769. The van der Waals surface area contributed by atoms with Crippen LogP contribution in [0.5, 0.6) is 0 Å². The molecule has 14 heavy (non-hydrogen) atoms. The van der Waals surface area contributed by atoms with Crippen LogP contribution < -0.4 is 0 Å². The molecular weight excluding hydrogens is 172 g/mol. The molecule has 1 aliphatic carbocycles. The summed E-state index contributed by atoms with van der Waals surface area (Å²) in [6.07, 6.45) is -0.498. The first kappa shape index (κ1) is 7.77. The highest BCUT2D eigenvalue weighted by molar-refractivity contribution is 5.77. The smallest absolute Gasteiger partial charge is 0.106 e. The molecule has 0 spiro atoms. The van der Waals surface area contributed by atoms with Crippen LogP contribution in [0.15, 0.2) is 42.5 Å². The zero-order valence-electron chi connectivity index (χ0n) is 7.57. The zero-order chi connectivity index (χ0) is 9.54. The molecule has 1 aliphatic rings. The van der Waals surface area contributed by atoms with E-state index in [4.69, 9.17) is 0 Å². The monoisotopic (exact) mass is 181 g/mol. The van der Waals surface area contributed by atoms with Crippen molar-refractivity contribution in [2.75, 3.05) is 0 Å². The molecule has 0 aliphatic heterocycles. The minimum absolute atomic E-state index is 0.498. The van der Waals surface area contributed by atoms with Gasteiger partial charge in [-0.05, 0) is 22.8 Å². The quantitative estimate of drug-likeness (QED) is 0.662. The molecule has 0 saturated heterocycles. The molecule has 1 N–H and O–H groups in total. The molecule has 2 aromatic carbocycles. The highest BCUT2D eigenvalue weighted by atomic mass is 16.3. The van der Waals surface area contributed by atoms with Gasteiger partial charge in [-0.2, -0.15) is 0 Å². The van der Waals surface area contributed by atoms with Crippen molar-refractivity contribution in [2.45, 2.75) is 6.10 Å². The Morgan fingerprint density at radius 2 is 1.79 bits per heavy atom. The van der Waals surface area contributed by atoms with Crippen LogP contribution in [0.25, 0.3) is 11.1 Å². The molecule has 3 rings (SSSR count). The van der Waals surface area contributed by atoms with Gasteiger partial charge < -0.3 is 5.11 Å². The van der Waals surface area contributed by atoms with Crippen LogP contribution in [0, 0.1) is 6.07 Å².